The van der Waals surface area contributed by atoms with Gasteiger partial charge in [0, 0.05) is 118 Å². The molecule has 4 aromatic rings. The van der Waals surface area contributed by atoms with Crippen LogP contribution in [-0.4, -0.2) is 252 Å². The topological polar surface area (TPSA) is 454 Å². The minimum atomic E-state index is -5.19. The zero-order valence-electron chi connectivity index (χ0n) is 52.9. The van der Waals surface area contributed by atoms with Crippen molar-refractivity contribution in [3.8, 4) is 11.5 Å². The smallest absolute Gasteiger partial charge is 0.549 e. The molecule has 96 heavy (non-hydrogen) atoms. The normalized spacial score (nSPS) is 14.2. The molecule has 1 heterocycles. The molecule has 35 heteroatoms. The number of carbonyl (C=O) groups is 9. The summed E-state index contributed by atoms with van der Waals surface area (Å²) >= 11 is 0. The molecule has 1 aliphatic heterocycles. The molecule has 0 spiro atoms. The molecular weight excluding hydrogens is 1370 g/mol. The van der Waals surface area contributed by atoms with Gasteiger partial charge in [-0.15, -0.1) is 0 Å². The maximum Gasteiger partial charge on any atom is 3.00 e. The molecule has 6 amide bonds. The Balaban J connectivity index is 0.00000283. The Morgan fingerprint density at radius 2 is 1.14 bits per heavy atom. The summed E-state index contributed by atoms with van der Waals surface area (Å²) in [6.07, 6.45) is -3.37. The van der Waals surface area contributed by atoms with E-state index < -0.39 is 89.7 Å². The molecule has 1 fully saturated rings. The first-order valence-corrected chi connectivity index (χ1v) is 30.4. The second kappa shape index (κ2) is 43.1. The number of nitrogens with two attached hydrogens (primary N) is 1. The van der Waals surface area contributed by atoms with Crippen LogP contribution in [0.1, 0.15) is 61.6 Å². The molecular formula is C61H80F3InN14O17. The molecule has 4 aromatic carbocycles. The maximum atomic E-state index is 14.5. The molecule has 0 radical (unpaired) electrons. The zero-order chi connectivity index (χ0) is 69.9. The van der Waals surface area contributed by atoms with Crippen molar-refractivity contribution in [2.75, 3.05) is 135 Å². The number of carbonyl (C=O) groups excluding carboxylic acids is 8. The van der Waals surface area contributed by atoms with Crippen LogP contribution in [0.4, 0.5) is 29.3 Å². The van der Waals surface area contributed by atoms with Gasteiger partial charge in [-0.05, 0) is 66.6 Å². The van der Waals surface area contributed by atoms with Gasteiger partial charge in [0.25, 0.3) is 10.9 Å². The van der Waals surface area contributed by atoms with E-state index in [2.05, 4.69) is 47.5 Å². The number of carboxylic acid groups (broad SMARTS) is 4. The summed E-state index contributed by atoms with van der Waals surface area (Å²) in [7, 11) is 0. The first-order chi connectivity index (χ1) is 45.2. The molecule has 1 unspecified atom stereocenters. The fourth-order valence-corrected chi connectivity index (χ4v) is 9.36. The maximum absolute atomic E-state index is 14.5. The number of phenolic OH excluding ortho intramolecular Hbond substituents is 1. The van der Waals surface area contributed by atoms with Gasteiger partial charge in [-0.25, -0.2) is 4.79 Å². The van der Waals surface area contributed by atoms with Crippen LogP contribution in [0.15, 0.2) is 93.4 Å². The van der Waals surface area contributed by atoms with E-state index in [1.165, 1.54) is 12.1 Å². The third-order valence-corrected chi connectivity index (χ3v) is 14.3. The largest absolute Gasteiger partial charge is 3.00 e. The quantitative estimate of drug-likeness (QED) is 0.00907. The predicted molar refractivity (Wildman–Crippen MR) is 338 cm³/mol. The van der Waals surface area contributed by atoms with E-state index >= 15 is 0 Å². The standard InChI is InChI=1S/C59H82N14O15.C2HF3O2.In/c1-2-46(75)61-22-24-66-59(87)69-58(60)65-20-9-14-45(56(85)67-35-40-15-17-43(74)18-16-40)68-57(86)51(41-10-4-3-5-11-41)42-12-8-13-44(34-42)88-33-7-6-19-63-52-53(55(84)54(52)83)64-23-21-62-47(76)36-70-25-27-71(37-48(77)78)29-31-73(39-50(81)82)32-30-72(28-26-70)38-49(79)80;3-2(4,5)1(6)7;/h3-5,8,10-13,15-18,34,45,51,63-64,74H,2,6-7,9,14,19-33,35-39H2,1H3,(H,61,75)(H,62,76)(H,67,85)(H,68,86)(H,77,78)(H,79,80)(H,81,82)(H4,60,65,66,69,87);(H,6,7);/q;;+3/p-3/t45?,51-;;/m1../s1. The number of aliphatic imine (C=N–C) groups is 1. The van der Waals surface area contributed by atoms with Crippen LogP contribution in [0.25, 0.3) is 0 Å². The van der Waals surface area contributed by atoms with Crippen molar-refractivity contribution < 1.29 is 86.6 Å². The first kappa shape index (κ1) is 81.2. The number of aromatic hydroxyl groups is 1. The molecule has 1 saturated heterocycles. The number of nitrogens with one attached hydrogen (secondary N) is 8. The van der Waals surface area contributed by atoms with Crippen LogP contribution < -0.4 is 79.2 Å². The molecule has 5 rings (SSSR count). The first-order valence-electron chi connectivity index (χ1n) is 30.4. The Morgan fingerprint density at radius 1 is 0.615 bits per heavy atom. The van der Waals surface area contributed by atoms with Gasteiger partial charge in [-0.1, -0.05) is 61.5 Å². The van der Waals surface area contributed by atoms with E-state index in [-0.39, 0.29) is 173 Å². The summed E-state index contributed by atoms with van der Waals surface area (Å²) in [5, 5.41) is 73.5. The number of anilines is 2. The van der Waals surface area contributed by atoms with E-state index in [1.54, 1.807) is 87.2 Å². The van der Waals surface area contributed by atoms with Gasteiger partial charge in [-0.2, -0.15) is 18.2 Å². The number of phenols is 1. The number of hydrogen-bond acceptors (Lipinski definition) is 22. The molecule has 1 aliphatic rings. The summed E-state index contributed by atoms with van der Waals surface area (Å²) in [6.45, 7) is 3.37. The molecule has 0 saturated carbocycles. The van der Waals surface area contributed by atoms with Crippen molar-refractivity contribution in [3.05, 3.63) is 116 Å². The second-order valence-corrected chi connectivity index (χ2v) is 21.6. The number of carboxylic acids is 4. The van der Waals surface area contributed by atoms with Crippen molar-refractivity contribution >= 4 is 96.7 Å². The molecule has 520 valence electrons. The molecule has 0 aliphatic carbocycles. The number of guanidine groups is 1. The van der Waals surface area contributed by atoms with E-state index in [0.717, 1.165) is 0 Å². The van der Waals surface area contributed by atoms with E-state index in [1.807, 2.05) is 6.07 Å². The van der Waals surface area contributed by atoms with Gasteiger partial charge in [0.1, 0.15) is 34.9 Å². The average molecular weight is 1450 g/mol. The minimum absolute atomic E-state index is 0. The van der Waals surface area contributed by atoms with Crippen LogP contribution in [0, 0.1) is 0 Å². The fourth-order valence-electron chi connectivity index (χ4n) is 9.36. The van der Waals surface area contributed by atoms with Crippen molar-refractivity contribution in [2.24, 2.45) is 10.7 Å². The van der Waals surface area contributed by atoms with E-state index in [9.17, 15) is 81.5 Å². The van der Waals surface area contributed by atoms with Crippen molar-refractivity contribution in [1.82, 2.24) is 51.5 Å². The number of nitrogens with zero attached hydrogens (tertiary/aromatic N) is 5. The number of unbranched alkanes of at least 4 members (excludes halogenated alkanes) is 1. The monoisotopic (exact) mass is 1450 g/mol. The fraction of sp³-hybridized carbons (Fsp3) is 0.475. The average Bonchev–Trinajstić information content (AvgIpc) is 0.793. The Labute approximate surface area is 569 Å². The van der Waals surface area contributed by atoms with Gasteiger partial charge in [0.05, 0.1) is 37.6 Å². The van der Waals surface area contributed by atoms with Crippen molar-refractivity contribution in [3.63, 3.8) is 0 Å². The van der Waals surface area contributed by atoms with Gasteiger partial charge >= 0.3 is 44.0 Å². The van der Waals surface area contributed by atoms with Crippen LogP contribution in [0.5, 0.6) is 11.5 Å². The van der Waals surface area contributed by atoms with Crippen molar-refractivity contribution in [1.29, 1.82) is 0 Å². The summed E-state index contributed by atoms with van der Waals surface area (Å²) in [5.41, 5.74) is 6.67. The number of rotatable bonds is 34. The van der Waals surface area contributed by atoms with Gasteiger partial charge in [-0.3, -0.25) is 53.2 Å². The van der Waals surface area contributed by atoms with Gasteiger partial charge in [0.2, 0.25) is 23.6 Å². The van der Waals surface area contributed by atoms with Crippen molar-refractivity contribution in [2.45, 2.75) is 63.7 Å². The minimum Gasteiger partial charge on any atom is -0.549 e. The predicted octanol–water partition coefficient (Wildman–Crippen LogP) is -4.64. The Bertz CT molecular complexity index is 3240. The van der Waals surface area contributed by atoms with Gasteiger partial charge in [0.15, 0.2) is 5.96 Å². The molecule has 2 atom stereocenters. The number of amides is 6. The van der Waals surface area contributed by atoms with Crippen LogP contribution >= 0.6 is 0 Å². The second-order valence-electron chi connectivity index (χ2n) is 21.6. The molecule has 0 bridgehead atoms. The number of urea groups is 1. The summed E-state index contributed by atoms with van der Waals surface area (Å²) in [5.74, 6) is -8.76. The number of aliphatic carboxylic acids is 4. The Kier molecular flexibility index (Phi) is 36.4. The number of alkyl halides is 3. The third kappa shape index (κ3) is 31.5. The van der Waals surface area contributed by atoms with Crippen LogP contribution in [-0.2, 0) is 44.9 Å². The molecule has 31 nitrogen and oxygen atoms in total. The SMILES string of the molecule is CCC(=O)NCCNC(=O)/N=C(/N)NCCCC(NC(=O)[C@H](c1ccccc1)c1cccc(OCCCCNc2c(NCCNC(=O)CN3CCN(CC(=O)[O-])CCN(CC(=O)[O-])CCN(CC(=O)O)CC3)c(=O)c2=O)c1)C(=O)NCc1ccc(O)cc1.O=C([O-])C(F)(F)F.[In+3]. The number of benzene rings is 3. The van der Waals surface area contributed by atoms with Crippen LogP contribution in [0.2, 0.25) is 0 Å². The Morgan fingerprint density at radius 3 is 1.69 bits per heavy atom. The number of hydrogen-bond donors (Lipinski definition) is 11. The van der Waals surface area contributed by atoms with Gasteiger partial charge < -0.3 is 92.9 Å². The molecule has 12 N–H and O–H groups in total. The third-order valence-electron chi connectivity index (χ3n) is 14.3. The van der Waals surface area contributed by atoms with E-state index in [4.69, 9.17) is 20.4 Å². The summed E-state index contributed by atoms with van der Waals surface area (Å²) in [4.78, 5) is 144. The van der Waals surface area contributed by atoms with E-state index in [0.29, 0.717) is 54.7 Å². The summed E-state index contributed by atoms with van der Waals surface area (Å²) < 4.78 is 37.7. The molecule has 0 aromatic heterocycles. The number of ether oxygens (including phenoxy) is 1. The van der Waals surface area contributed by atoms with Crippen LogP contribution in [0.3, 0.4) is 0 Å². The number of halogens is 3. The Hall–Kier alpha value is -9.06. The summed E-state index contributed by atoms with van der Waals surface area (Å²) in [6, 6.07) is 20.6. The zero-order valence-corrected chi connectivity index (χ0v) is 56.2.